The summed E-state index contributed by atoms with van der Waals surface area (Å²) < 4.78 is 36.8. The number of piperidine rings is 1. The van der Waals surface area contributed by atoms with E-state index < -0.39 is 12.2 Å². The van der Waals surface area contributed by atoms with Gasteiger partial charge in [-0.2, -0.15) is 8.78 Å². The highest BCUT2D eigenvalue weighted by Crippen LogP contribution is 2.28. The quantitative estimate of drug-likeness (QED) is 0.147. The first-order chi connectivity index (χ1) is 23.4. The zero-order chi connectivity index (χ0) is 35.1. The van der Waals surface area contributed by atoms with Gasteiger partial charge in [0.1, 0.15) is 11.4 Å². The summed E-state index contributed by atoms with van der Waals surface area (Å²) in [5.74, 6) is 1.05. The number of nitrogens with one attached hydrogen (secondary N) is 1. The number of fused-ring (bicyclic) bond motifs is 1. The molecule has 0 aliphatic carbocycles. The molecule has 12 heteroatoms. The zero-order valence-corrected chi connectivity index (χ0v) is 28.9. The fraction of sp³-hybridized carbons (Fsp3) is 0.459. The van der Waals surface area contributed by atoms with Crippen LogP contribution in [0.15, 0.2) is 61.1 Å². The number of nitrogens with zero attached hydrogens (tertiary/aromatic N) is 5. The summed E-state index contributed by atoms with van der Waals surface area (Å²) in [7, 11) is 1.86. The van der Waals surface area contributed by atoms with Crippen LogP contribution in [0.1, 0.15) is 68.8 Å². The van der Waals surface area contributed by atoms with E-state index in [-0.39, 0.29) is 17.6 Å². The van der Waals surface area contributed by atoms with Gasteiger partial charge in [-0.3, -0.25) is 14.0 Å². The van der Waals surface area contributed by atoms with Gasteiger partial charge in [0.25, 0.3) is 5.91 Å². The van der Waals surface area contributed by atoms with Gasteiger partial charge in [0.2, 0.25) is 0 Å². The molecule has 2 aromatic heterocycles. The molecule has 10 nitrogen and oxygen atoms in total. The number of anilines is 2. The molecule has 1 N–H and O–H groups in total. The SMILES string of the molecule is Cc1cc(Nc2nccn3c(-c4ccc(OC(F)F)cc4)cnc23)ccc1C(=O)N(C)CCC1CCN(CCCC(=O)OC(C)(C)C)CC1. The predicted molar refractivity (Wildman–Crippen MR) is 185 cm³/mol. The van der Waals surface area contributed by atoms with Gasteiger partial charge in [0, 0.05) is 49.2 Å². The third-order valence-electron chi connectivity index (χ3n) is 8.72. The summed E-state index contributed by atoms with van der Waals surface area (Å²) in [4.78, 5) is 38.6. The maximum atomic E-state index is 13.4. The molecule has 1 aliphatic rings. The molecule has 0 unspecified atom stereocenters. The van der Waals surface area contributed by atoms with Crippen LogP contribution in [0.2, 0.25) is 0 Å². The van der Waals surface area contributed by atoms with E-state index in [0.29, 0.717) is 35.9 Å². The van der Waals surface area contributed by atoms with Crippen LogP contribution < -0.4 is 10.1 Å². The van der Waals surface area contributed by atoms with Crippen molar-refractivity contribution in [2.24, 2.45) is 5.92 Å². The average molecular weight is 677 g/mol. The van der Waals surface area contributed by atoms with Crippen molar-refractivity contribution in [1.29, 1.82) is 0 Å². The molecule has 1 saturated heterocycles. The first kappa shape index (κ1) is 35.7. The number of aryl methyl sites for hydroxylation is 1. The van der Waals surface area contributed by atoms with E-state index in [1.807, 2.05) is 62.2 Å². The summed E-state index contributed by atoms with van der Waals surface area (Å²) >= 11 is 0. The molecule has 0 saturated carbocycles. The van der Waals surface area contributed by atoms with Crippen LogP contribution in [0.4, 0.5) is 20.3 Å². The number of imidazole rings is 1. The number of alkyl halides is 2. The summed E-state index contributed by atoms with van der Waals surface area (Å²) in [5.41, 5.74) is 3.98. The van der Waals surface area contributed by atoms with E-state index in [4.69, 9.17) is 4.74 Å². The molecule has 1 aliphatic heterocycles. The number of rotatable bonds is 13. The standard InChI is InChI=1S/C37H46F2N6O4/c1-25-23-28(42-33-34-41-24-31(45(34)22-17-40-33)27-8-11-29(12-9-27)48-36(38)39)10-13-30(25)35(47)43(5)19-14-26-15-20-44(21-16-26)18-6-7-32(46)49-37(2,3)4/h8-13,17,22-24,26,36H,6-7,14-16,18-21H2,1-5H3,(H,40,42). The summed E-state index contributed by atoms with van der Waals surface area (Å²) in [6.45, 7) is 8.33. The lowest BCUT2D eigenvalue weighted by Gasteiger charge is -2.32. The largest absolute Gasteiger partial charge is 0.460 e. The number of hydrogen-bond donors (Lipinski definition) is 1. The van der Waals surface area contributed by atoms with Gasteiger partial charge in [-0.15, -0.1) is 0 Å². The Morgan fingerprint density at radius 3 is 2.49 bits per heavy atom. The molecule has 49 heavy (non-hydrogen) atoms. The average Bonchev–Trinajstić information content (AvgIpc) is 3.48. The van der Waals surface area contributed by atoms with Gasteiger partial charge in [-0.05, 0) is 127 Å². The molecule has 3 heterocycles. The van der Waals surface area contributed by atoms with Crippen molar-refractivity contribution >= 4 is 29.0 Å². The second kappa shape index (κ2) is 15.8. The number of esters is 1. The van der Waals surface area contributed by atoms with Gasteiger partial charge in [-0.25, -0.2) is 9.97 Å². The van der Waals surface area contributed by atoms with Gasteiger partial charge < -0.3 is 24.6 Å². The number of benzene rings is 2. The molecule has 0 radical (unpaired) electrons. The third-order valence-corrected chi connectivity index (χ3v) is 8.72. The number of likely N-dealkylation sites (tertiary alicyclic amines) is 1. The summed E-state index contributed by atoms with van der Waals surface area (Å²) in [6.07, 6.45) is 9.54. The smallest absolute Gasteiger partial charge is 0.387 e. The molecule has 0 atom stereocenters. The fourth-order valence-corrected chi connectivity index (χ4v) is 6.17. The molecule has 1 fully saturated rings. The Bertz CT molecular complexity index is 1730. The van der Waals surface area contributed by atoms with Crippen molar-refractivity contribution in [3.8, 4) is 17.0 Å². The van der Waals surface area contributed by atoms with Gasteiger partial charge in [-0.1, -0.05) is 0 Å². The molecular formula is C37H46F2N6O4. The van der Waals surface area contributed by atoms with Gasteiger partial charge in [0.05, 0.1) is 11.9 Å². The Kier molecular flexibility index (Phi) is 11.5. The predicted octanol–water partition coefficient (Wildman–Crippen LogP) is 7.35. The van der Waals surface area contributed by atoms with Crippen molar-refractivity contribution in [1.82, 2.24) is 24.2 Å². The Balaban J connectivity index is 1.11. The zero-order valence-electron chi connectivity index (χ0n) is 28.9. The molecule has 4 aromatic rings. The maximum absolute atomic E-state index is 13.4. The second-order valence-electron chi connectivity index (χ2n) is 13.7. The van der Waals surface area contributed by atoms with Crippen molar-refractivity contribution < 1.29 is 27.8 Å². The molecule has 0 bridgehead atoms. The lowest BCUT2D eigenvalue weighted by Crippen LogP contribution is -2.36. The second-order valence-corrected chi connectivity index (χ2v) is 13.7. The molecule has 2 aromatic carbocycles. The number of aromatic nitrogens is 3. The van der Waals surface area contributed by atoms with Crippen molar-refractivity contribution in [3.63, 3.8) is 0 Å². The van der Waals surface area contributed by atoms with Crippen molar-refractivity contribution in [2.45, 2.75) is 72.0 Å². The number of halogens is 2. The first-order valence-corrected chi connectivity index (χ1v) is 16.8. The first-order valence-electron chi connectivity index (χ1n) is 16.8. The highest BCUT2D eigenvalue weighted by atomic mass is 19.3. The minimum absolute atomic E-state index is 0.00766. The van der Waals surface area contributed by atoms with Crippen LogP contribution in [0.3, 0.4) is 0 Å². The fourth-order valence-electron chi connectivity index (χ4n) is 6.17. The lowest BCUT2D eigenvalue weighted by atomic mass is 9.93. The minimum Gasteiger partial charge on any atom is -0.460 e. The molecule has 0 spiro atoms. The number of ether oxygens (including phenoxy) is 2. The van der Waals surface area contributed by atoms with E-state index in [0.717, 1.165) is 67.8 Å². The van der Waals surface area contributed by atoms with E-state index >= 15 is 0 Å². The summed E-state index contributed by atoms with van der Waals surface area (Å²) in [6, 6.07) is 12.0. The van der Waals surface area contributed by atoms with Gasteiger partial charge >= 0.3 is 12.6 Å². The van der Waals surface area contributed by atoms with E-state index in [1.165, 1.54) is 12.1 Å². The van der Waals surface area contributed by atoms with E-state index in [9.17, 15) is 18.4 Å². The van der Waals surface area contributed by atoms with Crippen LogP contribution >= 0.6 is 0 Å². The third kappa shape index (κ3) is 9.75. The number of carbonyl (C=O) groups excluding carboxylic acids is 2. The number of amides is 1. The van der Waals surface area contributed by atoms with Crippen LogP contribution in [-0.4, -0.2) is 81.5 Å². The topological polar surface area (TPSA) is 101 Å². The highest BCUT2D eigenvalue weighted by molar-refractivity contribution is 5.96. The van der Waals surface area contributed by atoms with Crippen LogP contribution in [0.5, 0.6) is 5.75 Å². The van der Waals surface area contributed by atoms with Crippen LogP contribution in [-0.2, 0) is 9.53 Å². The molecule has 1 amide bonds. The Morgan fingerprint density at radius 1 is 1.08 bits per heavy atom. The Hall–Kier alpha value is -4.58. The van der Waals surface area contributed by atoms with Crippen LogP contribution in [0, 0.1) is 12.8 Å². The summed E-state index contributed by atoms with van der Waals surface area (Å²) in [5, 5.41) is 3.33. The Morgan fingerprint density at radius 2 is 1.82 bits per heavy atom. The van der Waals surface area contributed by atoms with Crippen molar-refractivity contribution in [3.05, 3.63) is 72.2 Å². The van der Waals surface area contributed by atoms with Crippen molar-refractivity contribution in [2.75, 3.05) is 38.5 Å². The van der Waals surface area contributed by atoms with Gasteiger partial charge in [0.15, 0.2) is 11.5 Å². The lowest BCUT2D eigenvalue weighted by molar-refractivity contribution is -0.155. The highest BCUT2D eigenvalue weighted by Gasteiger charge is 2.22. The minimum atomic E-state index is -2.88. The Labute approximate surface area is 286 Å². The molecule has 262 valence electrons. The molecule has 5 rings (SSSR count). The van der Waals surface area contributed by atoms with Crippen LogP contribution in [0.25, 0.3) is 16.9 Å². The van der Waals surface area contributed by atoms with E-state index in [2.05, 4.69) is 24.9 Å². The number of carbonyl (C=O) groups is 2. The molecular weight excluding hydrogens is 630 g/mol. The number of hydrogen-bond acceptors (Lipinski definition) is 8. The maximum Gasteiger partial charge on any atom is 0.387 e. The van der Waals surface area contributed by atoms with E-state index in [1.54, 1.807) is 30.7 Å². The monoisotopic (exact) mass is 676 g/mol. The normalized spacial score (nSPS) is 14.3.